The summed E-state index contributed by atoms with van der Waals surface area (Å²) in [5, 5.41) is 45.5. The summed E-state index contributed by atoms with van der Waals surface area (Å²) < 4.78 is 80.0. The Balaban J connectivity index is 0.000000157. The minimum Gasteiger partial charge on any atom is -0.396 e. The molecular formula is C116H163F4N13O11. The number of hydrogen-bond acceptors (Lipinski definition) is 15. The van der Waals surface area contributed by atoms with Crippen molar-refractivity contribution in [1.82, 2.24) is 61.3 Å². The van der Waals surface area contributed by atoms with Gasteiger partial charge in [0.05, 0.1) is 55.0 Å². The quantitative estimate of drug-likeness (QED) is 0.0387. The van der Waals surface area contributed by atoms with Crippen molar-refractivity contribution in [3.63, 3.8) is 0 Å². The summed E-state index contributed by atoms with van der Waals surface area (Å²) in [6.45, 7) is 34.9. The normalized spacial score (nSPS) is 20.4. The number of alkyl halides is 2. The van der Waals surface area contributed by atoms with Crippen molar-refractivity contribution in [2.24, 2.45) is 36.6 Å². The first-order valence-electron chi connectivity index (χ1n) is 53.0. The van der Waals surface area contributed by atoms with Crippen LogP contribution in [0.3, 0.4) is 0 Å². The maximum Gasteiger partial charge on any atom is 0.259 e. The smallest absolute Gasteiger partial charge is 0.259 e. The average Bonchev–Trinajstić information content (AvgIpc) is 1.44. The Bertz CT molecular complexity index is 6060. The lowest BCUT2D eigenvalue weighted by atomic mass is 9.87. The highest BCUT2D eigenvalue weighted by atomic mass is 19.3. The highest BCUT2D eigenvalue weighted by molar-refractivity contribution is 5.83. The van der Waals surface area contributed by atoms with Gasteiger partial charge in [0.25, 0.3) is 33.7 Å². The number of methoxy groups -OCH3 is 2. The molecule has 6 aliphatic rings. The van der Waals surface area contributed by atoms with Crippen LogP contribution in [0.5, 0.6) is 0 Å². The van der Waals surface area contributed by atoms with Gasteiger partial charge in [-0.3, -0.25) is 33.2 Å². The predicted octanol–water partition coefficient (Wildman–Crippen LogP) is 23.0. The fourth-order valence-electron chi connectivity index (χ4n) is 21.4. The molecule has 28 heteroatoms. The van der Waals surface area contributed by atoms with Crippen LogP contribution < -0.4 is 27.8 Å². The zero-order valence-corrected chi connectivity index (χ0v) is 88.8. The van der Waals surface area contributed by atoms with E-state index in [0.29, 0.717) is 122 Å². The Morgan fingerprint density at radius 1 is 0.410 bits per heavy atom. The SMILES string of the molecule is CC(C)Cc1cccn(-c2nn(C)cc2F)c1=O.CC(C)Cc1cccn(C2CC(F)(F)C2)c1=O.CC(C)Cc1cccn(C2CCCC(O)C2)c1=O.CC(C)Cc1cccn([C@@H]2CCC[C@H](O)C2)c1=O.CC(C)Cc1cccn([C@H]2CCC[C@@H](O)C2)c1=O.CC(C)c1cn(CCCO)c2ncc(F)cc12.COC1CCCC1n1cc(C(C)C)c2cccnc21.CO[C@H]1CCC[C@@H]1n1cc(C(C)C)c2cccnc21. The van der Waals surface area contributed by atoms with Crippen molar-refractivity contribution in [3.05, 3.63) is 273 Å². The molecule has 12 aromatic heterocycles. The number of fused-ring (bicyclic) bond motifs is 3. The van der Waals surface area contributed by atoms with Crippen LogP contribution in [-0.2, 0) is 55.2 Å². The molecule has 4 unspecified atom stereocenters. The molecule has 24 nitrogen and oxygen atoms in total. The van der Waals surface area contributed by atoms with Crippen LogP contribution in [0, 0.1) is 41.2 Å². The van der Waals surface area contributed by atoms with Crippen LogP contribution in [-0.4, -0.2) is 139 Å². The standard InChI is InChI=1S/2C16H22N2O.3C15H23NO2.C13H17F2NO.C13H16FN3O.C13H17FN2O/c2*1-11(2)13-10-18(14-7-4-8-15(14)19-3)16-12(13)6-5-9-17-16;3*1-11(2)9-12-5-4-8-16(15(12)18)13-6-3-7-14(17)10-13;1-9(2)6-10-4-3-5-16(12(10)17)11-7-13(14,15)8-11;1-9(2)7-10-5-4-6-17(13(10)18)12-11(14)8-16(3)15-12;1-9(2)12-8-16(4-3-5-17)13-11(12)6-10(14)7-15-13/h2*5-6,9-11,14-15H,4,7-8H2,1-3H3;3*4-5,8,11,13-14,17H,3,6-7,9-10H2,1-2H3;3-5,9,11H,6-8H2,1-2H3;4-6,8-9H,7H2,1-3H3;6-9,17H,3-5H2,1-2H3/t14-,15-;;2*13-,14+;;;;/m0.10..../s1. The van der Waals surface area contributed by atoms with E-state index >= 15 is 0 Å². The number of aryl methyl sites for hydroxylation is 2. The van der Waals surface area contributed by atoms with Crippen LogP contribution in [0.2, 0.25) is 0 Å². The van der Waals surface area contributed by atoms with Gasteiger partial charge in [-0.2, -0.15) is 5.10 Å². The van der Waals surface area contributed by atoms with Gasteiger partial charge in [0.15, 0.2) is 11.6 Å². The van der Waals surface area contributed by atoms with Gasteiger partial charge in [0, 0.05) is 177 Å². The summed E-state index contributed by atoms with van der Waals surface area (Å²) in [5.41, 5.74) is 11.1. The van der Waals surface area contributed by atoms with Crippen LogP contribution in [0.25, 0.3) is 38.9 Å². The van der Waals surface area contributed by atoms with Crippen LogP contribution >= 0.6 is 0 Å². The van der Waals surface area contributed by atoms with E-state index < -0.39 is 11.7 Å². The van der Waals surface area contributed by atoms with E-state index in [4.69, 9.17) is 14.6 Å². The third-order valence-electron chi connectivity index (χ3n) is 28.4. The molecule has 0 bridgehead atoms. The van der Waals surface area contributed by atoms with Gasteiger partial charge >= 0.3 is 0 Å². The number of ether oxygens (including phenoxy) is 2. The number of halogens is 4. The van der Waals surface area contributed by atoms with Crippen molar-refractivity contribution < 1.29 is 47.5 Å². The summed E-state index contributed by atoms with van der Waals surface area (Å²) in [6.07, 6.45) is 43.6. The topological polar surface area (TPSA) is 281 Å². The Hall–Kier alpha value is -10.5. The zero-order chi connectivity index (χ0) is 105. The number of rotatable bonds is 25. The van der Waals surface area contributed by atoms with E-state index in [1.807, 2.05) is 146 Å². The number of nitrogens with zero attached hydrogens (tertiary/aromatic N) is 13. The van der Waals surface area contributed by atoms with Crippen LogP contribution in [0.15, 0.2) is 189 Å². The molecular weight excluding hydrogens is 1830 g/mol. The summed E-state index contributed by atoms with van der Waals surface area (Å²) in [5.74, 6) is 0.277. The van der Waals surface area contributed by atoms with E-state index in [0.717, 1.165) is 140 Å². The van der Waals surface area contributed by atoms with E-state index in [1.165, 1.54) is 86.1 Å². The molecule has 0 radical (unpaired) electrons. The number of hydrogen-bond donors (Lipinski definition) is 4. The van der Waals surface area contributed by atoms with E-state index in [9.17, 15) is 56.9 Å². The van der Waals surface area contributed by atoms with Gasteiger partial charge in [0.1, 0.15) is 22.8 Å². The summed E-state index contributed by atoms with van der Waals surface area (Å²) in [6, 6.07) is 29.8. The Kier molecular flexibility index (Phi) is 42.5. The lowest BCUT2D eigenvalue weighted by molar-refractivity contribution is -0.105. The van der Waals surface area contributed by atoms with Gasteiger partial charge < -0.3 is 61.9 Å². The van der Waals surface area contributed by atoms with E-state index in [-0.39, 0.29) is 101 Å². The minimum atomic E-state index is -2.59. The van der Waals surface area contributed by atoms with E-state index in [1.54, 1.807) is 37.5 Å². The van der Waals surface area contributed by atoms with Gasteiger partial charge in [0.2, 0.25) is 0 Å². The maximum atomic E-state index is 13.6. The van der Waals surface area contributed by atoms with Gasteiger partial charge in [-0.25, -0.2) is 32.5 Å². The average molecular weight is 1990 g/mol. The second kappa shape index (κ2) is 53.7. The fraction of sp³-hybridized carbons (Fsp3) is 0.578. The Morgan fingerprint density at radius 3 is 1.10 bits per heavy atom. The number of aromatic nitrogens is 13. The second-order valence-electron chi connectivity index (χ2n) is 43.6. The maximum absolute atomic E-state index is 13.6. The molecule has 10 atom stereocenters. The molecule has 0 amide bonds. The van der Waals surface area contributed by atoms with Crippen molar-refractivity contribution in [1.29, 1.82) is 0 Å². The third-order valence-corrected chi connectivity index (χ3v) is 28.4. The molecule has 6 fully saturated rings. The number of pyridine rings is 8. The number of aliphatic hydroxyl groups excluding tert-OH is 4. The third kappa shape index (κ3) is 30.6. The first kappa shape index (κ1) is 114. The molecule has 0 spiro atoms. The van der Waals surface area contributed by atoms with Gasteiger partial charge in [-0.1, -0.05) is 141 Å². The summed E-state index contributed by atoms with van der Waals surface area (Å²) >= 11 is 0. The molecule has 4 N–H and O–H groups in total. The molecule has 6 saturated carbocycles. The highest BCUT2D eigenvalue weighted by Gasteiger charge is 2.47. The highest BCUT2D eigenvalue weighted by Crippen LogP contribution is 2.46. The lowest BCUT2D eigenvalue weighted by Gasteiger charge is -2.36. The molecule has 786 valence electrons. The van der Waals surface area contributed by atoms with Crippen molar-refractivity contribution in [2.45, 2.75) is 375 Å². The van der Waals surface area contributed by atoms with Gasteiger partial charge in [-0.15, -0.1) is 0 Å². The molecule has 12 heterocycles. The largest absolute Gasteiger partial charge is 0.396 e. The van der Waals surface area contributed by atoms with Crippen LogP contribution in [0.1, 0.15) is 344 Å². The predicted molar refractivity (Wildman–Crippen MR) is 569 cm³/mol. The molecule has 12 aromatic rings. The Labute approximate surface area is 848 Å². The number of aliphatic hydroxyl groups is 4. The molecule has 0 aliphatic heterocycles. The zero-order valence-electron chi connectivity index (χ0n) is 88.8. The van der Waals surface area contributed by atoms with Crippen molar-refractivity contribution in [2.75, 3.05) is 20.8 Å². The monoisotopic (exact) mass is 1990 g/mol. The molecule has 144 heavy (non-hydrogen) atoms. The van der Waals surface area contributed by atoms with Gasteiger partial charge in [-0.05, 0) is 279 Å². The molecule has 0 aromatic carbocycles. The first-order chi connectivity index (χ1) is 68.7. The fourth-order valence-corrected chi connectivity index (χ4v) is 21.4. The molecule has 6 aliphatic carbocycles. The van der Waals surface area contributed by atoms with Crippen molar-refractivity contribution in [3.8, 4) is 5.82 Å². The first-order valence-corrected chi connectivity index (χ1v) is 53.0. The lowest BCUT2D eigenvalue weighted by Crippen LogP contribution is -2.41. The summed E-state index contributed by atoms with van der Waals surface area (Å²) in [4.78, 5) is 74.8. The summed E-state index contributed by atoms with van der Waals surface area (Å²) in [7, 11) is 5.27. The van der Waals surface area contributed by atoms with Crippen molar-refractivity contribution >= 4 is 33.1 Å². The molecule has 18 rings (SSSR count). The minimum absolute atomic E-state index is 0.0492. The molecule has 0 saturated heterocycles. The second-order valence-corrected chi connectivity index (χ2v) is 43.6. The Morgan fingerprint density at radius 2 is 0.764 bits per heavy atom. The van der Waals surface area contributed by atoms with E-state index in [2.05, 4.69) is 137 Å². The van der Waals surface area contributed by atoms with Crippen LogP contribution in [0.4, 0.5) is 17.6 Å².